The first-order valence-corrected chi connectivity index (χ1v) is 11.1. The number of hydrogen-bond donors (Lipinski definition) is 2. The van der Waals surface area contributed by atoms with E-state index in [4.69, 9.17) is 11.6 Å². The van der Waals surface area contributed by atoms with Gasteiger partial charge < -0.3 is 15.5 Å². The predicted molar refractivity (Wildman–Crippen MR) is 128 cm³/mol. The minimum absolute atomic E-state index is 0.0384. The number of carbonyl (C=O) groups excluding carboxylic acids is 1. The fourth-order valence-electron chi connectivity index (χ4n) is 3.80. The summed E-state index contributed by atoms with van der Waals surface area (Å²) in [7, 11) is 0. The molecule has 9 heteroatoms. The lowest BCUT2D eigenvalue weighted by molar-refractivity contribution is 0.0736. The highest BCUT2D eigenvalue weighted by atomic mass is 35.5. The van der Waals surface area contributed by atoms with Gasteiger partial charge in [0.05, 0.1) is 23.3 Å². The SMILES string of the molecule is O=C(c1cc(Cl)cc(Nc2nccc(-c3ccnn3-c3ccccc3)n2)c1)N1CCNCC1. The van der Waals surface area contributed by atoms with Crippen molar-refractivity contribution in [3.8, 4) is 17.1 Å². The zero-order valence-corrected chi connectivity index (χ0v) is 18.5. The summed E-state index contributed by atoms with van der Waals surface area (Å²) in [5, 5.41) is 11.3. The molecule has 0 bridgehead atoms. The summed E-state index contributed by atoms with van der Waals surface area (Å²) < 4.78 is 1.83. The number of halogens is 1. The molecule has 0 saturated carbocycles. The Bertz CT molecular complexity index is 1270. The summed E-state index contributed by atoms with van der Waals surface area (Å²) in [5.74, 6) is 0.361. The van der Waals surface area contributed by atoms with E-state index in [1.54, 1.807) is 30.6 Å². The Morgan fingerprint density at radius 3 is 2.64 bits per heavy atom. The zero-order valence-electron chi connectivity index (χ0n) is 17.8. The van der Waals surface area contributed by atoms with Crippen LogP contribution in [0.4, 0.5) is 11.6 Å². The highest BCUT2D eigenvalue weighted by Crippen LogP contribution is 2.25. The van der Waals surface area contributed by atoms with Gasteiger partial charge in [-0.3, -0.25) is 4.79 Å². The number of aromatic nitrogens is 4. The monoisotopic (exact) mass is 459 g/mol. The molecular formula is C24H22ClN7O. The van der Waals surface area contributed by atoms with Gasteiger partial charge in [-0.2, -0.15) is 5.10 Å². The van der Waals surface area contributed by atoms with Crippen LogP contribution < -0.4 is 10.6 Å². The molecule has 0 aliphatic carbocycles. The summed E-state index contributed by atoms with van der Waals surface area (Å²) in [4.78, 5) is 23.7. The van der Waals surface area contributed by atoms with Crippen molar-refractivity contribution in [3.63, 3.8) is 0 Å². The first-order valence-electron chi connectivity index (χ1n) is 10.7. The smallest absolute Gasteiger partial charge is 0.254 e. The molecule has 2 aromatic carbocycles. The second-order valence-corrected chi connectivity index (χ2v) is 8.06. The van der Waals surface area contributed by atoms with Gasteiger partial charge in [0, 0.05) is 48.6 Å². The van der Waals surface area contributed by atoms with Crippen LogP contribution in [0.15, 0.2) is 73.1 Å². The van der Waals surface area contributed by atoms with Gasteiger partial charge in [0.2, 0.25) is 5.95 Å². The predicted octanol–water partition coefficient (Wildman–Crippen LogP) is 3.77. The molecular weight excluding hydrogens is 438 g/mol. The third-order valence-electron chi connectivity index (χ3n) is 5.37. The van der Waals surface area contributed by atoms with Gasteiger partial charge in [0.15, 0.2) is 0 Å². The van der Waals surface area contributed by atoms with E-state index in [0.29, 0.717) is 41.0 Å². The molecule has 4 aromatic rings. The van der Waals surface area contributed by atoms with Gasteiger partial charge >= 0.3 is 0 Å². The molecule has 0 atom stereocenters. The Kier molecular flexibility index (Phi) is 6.01. The van der Waals surface area contributed by atoms with Crippen molar-refractivity contribution in [2.24, 2.45) is 0 Å². The van der Waals surface area contributed by atoms with Gasteiger partial charge in [0.1, 0.15) is 0 Å². The van der Waals surface area contributed by atoms with Crippen LogP contribution in [-0.4, -0.2) is 56.7 Å². The Labute approximate surface area is 196 Å². The molecule has 1 saturated heterocycles. The average molecular weight is 460 g/mol. The number of anilines is 2. The topological polar surface area (TPSA) is 88.0 Å². The molecule has 0 radical (unpaired) electrons. The van der Waals surface area contributed by atoms with Gasteiger partial charge in [0.25, 0.3) is 5.91 Å². The van der Waals surface area contributed by atoms with E-state index in [0.717, 1.165) is 24.5 Å². The van der Waals surface area contributed by atoms with E-state index in [9.17, 15) is 4.79 Å². The van der Waals surface area contributed by atoms with Crippen molar-refractivity contribution in [1.29, 1.82) is 0 Å². The van der Waals surface area contributed by atoms with Crippen molar-refractivity contribution in [3.05, 3.63) is 83.6 Å². The quantitative estimate of drug-likeness (QED) is 0.472. The number of benzene rings is 2. The Balaban J connectivity index is 1.41. The molecule has 1 aliphatic rings. The third-order valence-corrected chi connectivity index (χ3v) is 5.58. The van der Waals surface area contributed by atoms with Gasteiger partial charge in [-0.05, 0) is 42.5 Å². The van der Waals surface area contributed by atoms with E-state index in [1.807, 2.05) is 52.0 Å². The second kappa shape index (κ2) is 9.40. The lowest BCUT2D eigenvalue weighted by Gasteiger charge is -2.27. The maximum absolute atomic E-state index is 12.9. The molecule has 0 unspecified atom stereocenters. The highest BCUT2D eigenvalue weighted by molar-refractivity contribution is 6.31. The molecule has 8 nitrogen and oxygen atoms in total. The Hall–Kier alpha value is -3.75. The van der Waals surface area contributed by atoms with E-state index < -0.39 is 0 Å². The molecule has 1 fully saturated rings. The van der Waals surface area contributed by atoms with Crippen LogP contribution in [-0.2, 0) is 0 Å². The normalized spacial score (nSPS) is 13.7. The van der Waals surface area contributed by atoms with Gasteiger partial charge in [-0.1, -0.05) is 29.8 Å². The molecule has 3 heterocycles. The van der Waals surface area contributed by atoms with Crippen molar-refractivity contribution < 1.29 is 4.79 Å². The average Bonchev–Trinajstić information content (AvgIpc) is 3.35. The summed E-state index contributed by atoms with van der Waals surface area (Å²) >= 11 is 6.32. The number of rotatable bonds is 5. The lowest BCUT2D eigenvalue weighted by Crippen LogP contribution is -2.46. The van der Waals surface area contributed by atoms with Crippen molar-refractivity contribution in [2.45, 2.75) is 0 Å². The third kappa shape index (κ3) is 4.72. The molecule has 1 amide bonds. The van der Waals surface area contributed by atoms with Crippen LogP contribution in [0.1, 0.15) is 10.4 Å². The van der Waals surface area contributed by atoms with Gasteiger partial charge in [-0.25, -0.2) is 14.6 Å². The maximum atomic E-state index is 12.9. The number of hydrogen-bond acceptors (Lipinski definition) is 6. The van der Waals surface area contributed by atoms with Crippen LogP contribution in [0.2, 0.25) is 5.02 Å². The van der Waals surface area contributed by atoms with Crippen molar-refractivity contribution >= 4 is 29.1 Å². The van der Waals surface area contributed by atoms with Crippen molar-refractivity contribution in [2.75, 3.05) is 31.5 Å². The lowest BCUT2D eigenvalue weighted by atomic mass is 10.1. The minimum atomic E-state index is -0.0384. The zero-order chi connectivity index (χ0) is 22.6. The summed E-state index contributed by atoms with van der Waals surface area (Å²) in [6, 6.07) is 18.8. The summed E-state index contributed by atoms with van der Waals surface area (Å²) in [6.07, 6.45) is 3.42. The standard InChI is InChI=1S/C24H22ClN7O/c25-18-14-17(23(33)31-12-10-26-11-13-31)15-19(16-18)29-24-27-8-6-21(30-24)22-7-9-28-32(22)20-4-2-1-3-5-20/h1-9,14-16,26H,10-13H2,(H,27,29,30). The maximum Gasteiger partial charge on any atom is 0.254 e. The summed E-state index contributed by atoms with van der Waals surface area (Å²) in [6.45, 7) is 2.93. The van der Waals surface area contributed by atoms with E-state index in [2.05, 4.69) is 25.7 Å². The van der Waals surface area contributed by atoms with E-state index >= 15 is 0 Å². The number of amides is 1. The molecule has 1 aliphatic heterocycles. The Morgan fingerprint density at radius 1 is 1.00 bits per heavy atom. The van der Waals surface area contributed by atoms with Crippen LogP contribution in [0, 0.1) is 0 Å². The number of para-hydroxylation sites is 1. The highest BCUT2D eigenvalue weighted by Gasteiger charge is 2.19. The first kappa shape index (κ1) is 21.1. The molecule has 5 rings (SSSR count). The van der Waals surface area contributed by atoms with E-state index in [1.165, 1.54) is 0 Å². The van der Waals surface area contributed by atoms with Crippen LogP contribution in [0.25, 0.3) is 17.1 Å². The number of carbonyl (C=O) groups is 1. The van der Waals surface area contributed by atoms with Crippen LogP contribution >= 0.6 is 11.6 Å². The Morgan fingerprint density at radius 2 is 1.82 bits per heavy atom. The number of nitrogens with zero attached hydrogens (tertiary/aromatic N) is 5. The van der Waals surface area contributed by atoms with Crippen LogP contribution in [0.3, 0.4) is 0 Å². The number of nitrogens with one attached hydrogen (secondary N) is 2. The fourth-order valence-corrected chi connectivity index (χ4v) is 4.03. The van der Waals surface area contributed by atoms with E-state index in [-0.39, 0.29) is 5.91 Å². The fraction of sp³-hybridized carbons (Fsp3) is 0.167. The largest absolute Gasteiger partial charge is 0.336 e. The number of piperazine rings is 1. The molecule has 166 valence electrons. The summed E-state index contributed by atoms with van der Waals surface area (Å²) in [5.41, 5.74) is 3.68. The second-order valence-electron chi connectivity index (χ2n) is 7.63. The van der Waals surface area contributed by atoms with Crippen LogP contribution in [0.5, 0.6) is 0 Å². The van der Waals surface area contributed by atoms with Gasteiger partial charge in [-0.15, -0.1) is 0 Å². The van der Waals surface area contributed by atoms with Crippen molar-refractivity contribution in [1.82, 2.24) is 30.0 Å². The molecule has 33 heavy (non-hydrogen) atoms. The molecule has 0 spiro atoms. The first-order chi connectivity index (χ1) is 16.2. The molecule has 2 N–H and O–H groups in total. The minimum Gasteiger partial charge on any atom is -0.336 e. The molecule has 2 aromatic heterocycles.